The number of rotatable bonds is 3. The molecule has 2 aromatic carbocycles. The second-order valence-corrected chi connectivity index (χ2v) is 6.07. The Morgan fingerprint density at radius 2 is 1.92 bits per heavy atom. The highest BCUT2D eigenvalue weighted by atomic mass is 19.1. The van der Waals surface area contributed by atoms with Gasteiger partial charge in [0.15, 0.2) is 0 Å². The molecule has 0 fully saturated rings. The molecular weight excluding hydrogens is 319 g/mol. The Morgan fingerprint density at radius 3 is 2.68 bits per heavy atom. The zero-order valence-corrected chi connectivity index (χ0v) is 13.7. The number of fused-ring (bicyclic) bond motifs is 1. The highest BCUT2D eigenvalue weighted by Crippen LogP contribution is 2.38. The van der Waals surface area contributed by atoms with Crippen LogP contribution in [0.25, 0.3) is 0 Å². The minimum Gasteiger partial charge on any atom is -0.467 e. The fourth-order valence-electron chi connectivity index (χ4n) is 3.37. The molecule has 0 saturated carbocycles. The summed E-state index contributed by atoms with van der Waals surface area (Å²) in [5, 5.41) is 0. The van der Waals surface area contributed by atoms with E-state index in [1.165, 1.54) is 12.1 Å². The third-order valence-electron chi connectivity index (χ3n) is 4.49. The van der Waals surface area contributed by atoms with Crippen LogP contribution in [0.2, 0.25) is 0 Å². The van der Waals surface area contributed by atoms with Crippen molar-refractivity contribution in [3.05, 3.63) is 89.6 Å². The average Bonchev–Trinajstić information content (AvgIpc) is 3.13. The van der Waals surface area contributed by atoms with Gasteiger partial charge in [-0.25, -0.2) is 4.39 Å². The van der Waals surface area contributed by atoms with Gasteiger partial charge < -0.3 is 14.2 Å². The number of carbonyl (C=O) groups excluding carboxylic acids is 1. The first-order valence-electron chi connectivity index (χ1n) is 8.06. The van der Waals surface area contributed by atoms with Crippen LogP contribution in [0.15, 0.2) is 71.3 Å². The van der Waals surface area contributed by atoms with E-state index in [1.54, 1.807) is 23.3 Å². The van der Waals surface area contributed by atoms with Gasteiger partial charge in [-0.3, -0.25) is 4.79 Å². The van der Waals surface area contributed by atoms with Gasteiger partial charge in [-0.15, -0.1) is 0 Å². The molecule has 1 atom stereocenters. The molecule has 2 heterocycles. The summed E-state index contributed by atoms with van der Waals surface area (Å²) in [6.45, 7) is 0.311. The number of carbonyl (C=O) groups is 1. The second-order valence-electron chi connectivity index (χ2n) is 6.07. The maximum atomic E-state index is 13.8. The minimum atomic E-state index is -0.414. The van der Waals surface area contributed by atoms with Crippen LogP contribution in [0.4, 0.5) is 10.1 Å². The van der Waals surface area contributed by atoms with Gasteiger partial charge >= 0.3 is 0 Å². The first kappa shape index (κ1) is 15.4. The number of anilines is 1. The molecule has 126 valence electrons. The molecule has 0 bridgehead atoms. The van der Waals surface area contributed by atoms with Gasteiger partial charge in [-0.1, -0.05) is 24.3 Å². The molecule has 1 aromatic heterocycles. The van der Waals surface area contributed by atoms with Crippen LogP contribution >= 0.6 is 0 Å². The second kappa shape index (κ2) is 6.09. The molecule has 5 heteroatoms. The average molecular weight is 336 g/mol. The van der Waals surface area contributed by atoms with Gasteiger partial charge in [0.1, 0.15) is 17.7 Å². The van der Waals surface area contributed by atoms with Gasteiger partial charge in [-0.05, 0) is 42.0 Å². The summed E-state index contributed by atoms with van der Waals surface area (Å²) in [6.07, 6.45) is 1.17. The first-order valence-corrected chi connectivity index (χ1v) is 8.06. The number of nitrogens with zero attached hydrogens (tertiary/aromatic N) is 2. The van der Waals surface area contributed by atoms with Crippen molar-refractivity contribution in [3.63, 3.8) is 0 Å². The summed E-state index contributed by atoms with van der Waals surface area (Å²) in [4.78, 5) is 16.8. The number of hydrogen-bond acceptors (Lipinski definition) is 3. The summed E-state index contributed by atoms with van der Waals surface area (Å²) >= 11 is 0. The fraction of sp³-hybridized carbons (Fsp3) is 0.150. The predicted octanol–water partition coefficient (Wildman–Crippen LogP) is 4.21. The van der Waals surface area contributed by atoms with E-state index < -0.39 is 6.17 Å². The predicted molar refractivity (Wildman–Crippen MR) is 92.6 cm³/mol. The number of para-hydroxylation sites is 1. The fourth-order valence-corrected chi connectivity index (χ4v) is 3.37. The lowest BCUT2D eigenvalue weighted by atomic mass is 10.0. The van der Waals surface area contributed by atoms with Crippen LogP contribution in [0.3, 0.4) is 0 Å². The quantitative estimate of drug-likeness (QED) is 0.719. The summed E-state index contributed by atoms with van der Waals surface area (Å²) in [5.74, 6) is 0.261. The summed E-state index contributed by atoms with van der Waals surface area (Å²) in [5.41, 5.74) is 2.18. The summed E-state index contributed by atoms with van der Waals surface area (Å²) < 4.78 is 19.2. The molecule has 3 aromatic rings. The van der Waals surface area contributed by atoms with E-state index in [2.05, 4.69) is 0 Å². The van der Waals surface area contributed by atoms with E-state index in [4.69, 9.17) is 4.42 Å². The molecule has 4 rings (SSSR count). The molecule has 25 heavy (non-hydrogen) atoms. The van der Waals surface area contributed by atoms with Crippen molar-refractivity contribution in [2.24, 2.45) is 0 Å². The van der Waals surface area contributed by atoms with E-state index in [1.807, 2.05) is 48.3 Å². The van der Waals surface area contributed by atoms with Crippen molar-refractivity contribution in [2.45, 2.75) is 12.7 Å². The molecular formula is C20H17FN2O2. The Morgan fingerprint density at radius 1 is 1.08 bits per heavy atom. The van der Waals surface area contributed by atoms with E-state index in [0.29, 0.717) is 17.9 Å². The van der Waals surface area contributed by atoms with Crippen LogP contribution in [-0.4, -0.2) is 17.9 Å². The van der Waals surface area contributed by atoms with E-state index >= 15 is 0 Å². The van der Waals surface area contributed by atoms with Crippen LogP contribution in [0.5, 0.6) is 0 Å². The van der Waals surface area contributed by atoms with Crippen molar-refractivity contribution in [2.75, 3.05) is 11.9 Å². The number of benzene rings is 2. The monoisotopic (exact) mass is 336 g/mol. The van der Waals surface area contributed by atoms with Crippen LogP contribution < -0.4 is 4.90 Å². The molecule has 0 aliphatic carbocycles. The molecule has 0 radical (unpaired) electrons. The Kier molecular flexibility index (Phi) is 3.76. The lowest BCUT2D eigenvalue weighted by Crippen LogP contribution is -2.47. The minimum absolute atomic E-state index is 0.0978. The number of furan rings is 1. The Labute approximate surface area is 145 Å². The summed E-state index contributed by atoms with van der Waals surface area (Å²) in [7, 11) is 1.91. The lowest BCUT2D eigenvalue weighted by Gasteiger charge is -2.43. The Balaban J connectivity index is 1.83. The van der Waals surface area contributed by atoms with Crippen LogP contribution in [0.1, 0.15) is 27.8 Å². The Hall–Kier alpha value is -3.08. The van der Waals surface area contributed by atoms with Crippen molar-refractivity contribution in [1.82, 2.24) is 4.90 Å². The zero-order valence-electron chi connectivity index (χ0n) is 13.7. The van der Waals surface area contributed by atoms with Crippen LogP contribution in [-0.2, 0) is 6.54 Å². The van der Waals surface area contributed by atoms with Gasteiger partial charge in [0.05, 0.1) is 24.1 Å². The smallest absolute Gasteiger partial charge is 0.258 e. The van der Waals surface area contributed by atoms with Crippen molar-refractivity contribution in [3.8, 4) is 0 Å². The van der Waals surface area contributed by atoms with E-state index in [-0.39, 0.29) is 11.7 Å². The normalized spacial score (nSPS) is 16.9. The van der Waals surface area contributed by atoms with Crippen molar-refractivity contribution < 1.29 is 13.6 Å². The lowest BCUT2D eigenvalue weighted by molar-refractivity contribution is 0.0618. The SMILES string of the molecule is CN1c2ccccc2C(=O)N(Cc2ccco2)[C@@H]1c1cccc(F)c1. The standard InChI is InChI=1S/C20H17FN2O2/c1-22-18-10-3-2-9-17(18)20(24)23(13-16-8-5-11-25-16)19(22)14-6-4-7-15(21)12-14/h2-12,19H,13H2,1H3/t19-/m1/s1. The molecule has 0 unspecified atom stereocenters. The molecule has 0 N–H and O–H groups in total. The number of hydrogen-bond donors (Lipinski definition) is 0. The first-order chi connectivity index (χ1) is 12.1. The van der Waals surface area contributed by atoms with Crippen LogP contribution in [0, 0.1) is 5.82 Å². The molecule has 1 amide bonds. The Bertz CT molecular complexity index is 908. The largest absolute Gasteiger partial charge is 0.467 e. The maximum absolute atomic E-state index is 13.8. The van der Waals surface area contributed by atoms with Crippen molar-refractivity contribution in [1.29, 1.82) is 0 Å². The van der Waals surface area contributed by atoms with Gasteiger partial charge in [0, 0.05) is 7.05 Å². The van der Waals surface area contributed by atoms with Crippen molar-refractivity contribution >= 4 is 11.6 Å². The number of amides is 1. The topological polar surface area (TPSA) is 36.7 Å². The molecule has 1 aliphatic heterocycles. The third kappa shape index (κ3) is 2.67. The molecule has 0 spiro atoms. The van der Waals surface area contributed by atoms with Gasteiger partial charge in [0.25, 0.3) is 5.91 Å². The maximum Gasteiger partial charge on any atom is 0.258 e. The summed E-state index contributed by atoms with van der Waals surface area (Å²) in [6, 6.07) is 17.4. The molecule has 1 aliphatic rings. The highest BCUT2D eigenvalue weighted by Gasteiger charge is 2.37. The van der Waals surface area contributed by atoms with Gasteiger partial charge in [0.2, 0.25) is 0 Å². The van der Waals surface area contributed by atoms with Gasteiger partial charge in [-0.2, -0.15) is 0 Å². The molecule has 4 nitrogen and oxygen atoms in total. The van der Waals surface area contributed by atoms with E-state index in [9.17, 15) is 9.18 Å². The zero-order chi connectivity index (χ0) is 17.4. The van der Waals surface area contributed by atoms with E-state index in [0.717, 1.165) is 11.3 Å². The third-order valence-corrected chi connectivity index (χ3v) is 4.49. The number of halogens is 1. The molecule has 0 saturated heterocycles. The highest BCUT2D eigenvalue weighted by molar-refractivity contribution is 6.02.